The van der Waals surface area contributed by atoms with Gasteiger partial charge in [0.2, 0.25) is 5.91 Å². The number of carbonyl (C=O) groups is 1. The lowest BCUT2D eigenvalue weighted by Gasteiger charge is -2.16. The quantitative estimate of drug-likeness (QED) is 0.415. The number of aromatic nitrogens is 2. The number of hydrogen-bond donors (Lipinski definition) is 0. The Labute approximate surface area is 179 Å². The number of halogens is 1. The molecule has 0 unspecified atom stereocenters. The summed E-state index contributed by atoms with van der Waals surface area (Å²) in [6.45, 7) is 0.611. The van der Waals surface area contributed by atoms with Gasteiger partial charge in [0.15, 0.2) is 0 Å². The van der Waals surface area contributed by atoms with Crippen molar-refractivity contribution in [1.82, 2.24) is 14.7 Å². The van der Waals surface area contributed by atoms with Crippen LogP contribution in [0.3, 0.4) is 0 Å². The van der Waals surface area contributed by atoms with Gasteiger partial charge < -0.3 is 4.90 Å². The Morgan fingerprint density at radius 3 is 2.52 bits per heavy atom. The van der Waals surface area contributed by atoms with Crippen LogP contribution in [0.15, 0.2) is 78.3 Å². The highest BCUT2D eigenvalue weighted by Gasteiger charge is 2.18. The van der Waals surface area contributed by atoms with Crippen molar-refractivity contribution in [1.29, 1.82) is 0 Å². The topological polar surface area (TPSA) is 38.1 Å². The molecule has 2 aromatic carbocycles. The van der Waals surface area contributed by atoms with Crippen molar-refractivity contribution in [3.05, 3.63) is 93.8 Å². The van der Waals surface area contributed by atoms with Crippen LogP contribution in [0, 0.1) is 0 Å². The zero-order valence-electron chi connectivity index (χ0n) is 16.0. The highest BCUT2D eigenvalue weighted by molar-refractivity contribution is 7.09. The van der Waals surface area contributed by atoms with E-state index in [4.69, 9.17) is 16.7 Å². The van der Waals surface area contributed by atoms with Crippen molar-refractivity contribution >= 4 is 28.8 Å². The Morgan fingerprint density at radius 1 is 1.07 bits per heavy atom. The van der Waals surface area contributed by atoms with Crippen LogP contribution < -0.4 is 0 Å². The second-order valence-electron chi connectivity index (χ2n) is 6.80. The normalized spacial score (nSPS) is 10.8. The van der Waals surface area contributed by atoms with Gasteiger partial charge in [0.05, 0.1) is 24.3 Å². The molecule has 4 aromatic rings. The van der Waals surface area contributed by atoms with E-state index < -0.39 is 0 Å². The Kier molecular flexibility index (Phi) is 5.79. The molecule has 0 saturated carbocycles. The van der Waals surface area contributed by atoms with Crippen molar-refractivity contribution in [3.8, 4) is 16.9 Å². The van der Waals surface area contributed by atoms with E-state index in [1.165, 1.54) is 4.88 Å². The number of hydrogen-bond acceptors (Lipinski definition) is 3. The number of amides is 1. The fraction of sp³-hybridized carbons (Fsp3) is 0.130. The van der Waals surface area contributed by atoms with E-state index in [-0.39, 0.29) is 12.3 Å². The molecule has 0 aliphatic carbocycles. The molecule has 146 valence electrons. The monoisotopic (exact) mass is 421 g/mol. The first kappa shape index (κ1) is 19.4. The molecule has 6 heteroatoms. The maximum atomic E-state index is 12.9. The van der Waals surface area contributed by atoms with E-state index in [1.807, 2.05) is 90.0 Å². The lowest BCUT2D eigenvalue weighted by molar-refractivity contribution is -0.129. The van der Waals surface area contributed by atoms with Crippen LogP contribution in [-0.4, -0.2) is 27.6 Å². The predicted octanol–water partition coefficient (Wildman–Crippen LogP) is 5.46. The average Bonchev–Trinajstić information content (AvgIpc) is 3.39. The maximum Gasteiger partial charge on any atom is 0.227 e. The highest BCUT2D eigenvalue weighted by atomic mass is 35.5. The summed E-state index contributed by atoms with van der Waals surface area (Å²) in [5, 5.41) is 7.47. The summed E-state index contributed by atoms with van der Waals surface area (Å²) in [7, 11) is 1.84. The molecule has 0 fully saturated rings. The van der Waals surface area contributed by atoms with Crippen molar-refractivity contribution in [3.63, 3.8) is 0 Å². The fourth-order valence-corrected chi connectivity index (χ4v) is 4.01. The van der Waals surface area contributed by atoms with Crippen LogP contribution in [-0.2, 0) is 17.8 Å². The van der Waals surface area contributed by atoms with Crippen LogP contribution >= 0.6 is 22.9 Å². The van der Waals surface area contributed by atoms with Crippen LogP contribution in [0.5, 0.6) is 0 Å². The highest BCUT2D eigenvalue weighted by Crippen LogP contribution is 2.26. The third kappa shape index (κ3) is 4.58. The molecule has 0 atom stereocenters. The van der Waals surface area contributed by atoms with Crippen LogP contribution in [0.25, 0.3) is 16.9 Å². The van der Waals surface area contributed by atoms with Crippen molar-refractivity contribution in [2.24, 2.45) is 0 Å². The Morgan fingerprint density at radius 2 is 1.83 bits per heavy atom. The molecule has 0 radical (unpaired) electrons. The molecule has 0 bridgehead atoms. The molecule has 4 rings (SSSR count). The van der Waals surface area contributed by atoms with E-state index in [9.17, 15) is 4.79 Å². The molecule has 29 heavy (non-hydrogen) atoms. The van der Waals surface area contributed by atoms with Gasteiger partial charge in [0.1, 0.15) is 0 Å². The minimum absolute atomic E-state index is 0.0567. The lowest BCUT2D eigenvalue weighted by Crippen LogP contribution is -2.27. The summed E-state index contributed by atoms with van der Waals surface area (Å²) in [4.78, 5) is 15.8. The zero-order valence-corrected chi connectivity index (χ0v) is 17.5. The van der Waals surface area contributed by atoms with Crippen molar-refractivity contribution in [2.75, 3.05) is 7.05 Å². The maximum absolute atomic E-state index is 12.9. The van der Waals surface area contributed by atoms with Crippen molar-refractivity contribution in [2.45, 2.75) is 13.0 Å². The number of likely N-dealkylation sites (N-methyl/N-ethyl adjacent to an activating group) is 1. The van der Waals surface area contributed by atoms with E-state index in [2.05, 4.69) is 0 Å². The van der Waals surface area contributed by atoms with E-state index in [0.29, 0.717) is 11.6 Å². The smallest absolute Gasteiger partial charge is 0.227 e. The lowest BCUT2D eigenvalue weighted by atomic mass is 10.1. The fourth-order valence-electron chi connectivity index (χ4n) is 3.13. The largest absolute Gasteiger partial charge is 0.340 e. The Balaban J connectivity index is 1.64. The standard InChI is InChI=1S/C23H20ClN3OS/c1-26(16-21-8-5-13-29-21)22(28)14-18-15-27(20-6-3-2-4-7-20)25-23(18)17-9-11-19(24)12-10-17/h2-13,15H,14,16H2,1H3. The number of nitrogens with zero attached hydrogens (tertiary/aromatic N) is 3. The number of benzene rings is 2. The third-order valence-corrected chi connectivity index (χ3v) is 5.78. The van der Waals surface area contributed by atoms with Crippen LogP contribution in [0.2, 0.25) is 5.02 Å². The van der Waals surface area contributed by atoms with E-state index in [1.54, 1.807) is 16.2 Å². The van der Waals surface area contributed by atoms with Gasteiger partial charge in [-0.3, -0.25) is 4.79 Å². The molecule has 1 amide bonds. The summed E-state index contributed by atoms with van der Waals surface area (Å²) >= 11 is 7.70. The van der Waals surface area contributed by atoms with Gasteiger partial charge in [-0.25, -0.2) is 4.68 Å². The first-order valence-corrected chi connectivity index (χ1v) is 10.5. The molecular formula is C23H20ClN3OS. The molecule has 2 heterocycles. The first-order valence-electron chi connectivity index (χ1n) is 9.26. The molecular weight excluding hydrogens is 402 g/mol. The molecule has 4 nitrogen and oxygen atoms in total. The Bertz CT molecular complexity index is 1090. The minimum atomic E-state index is 0.0567. The number of rotatable bonds is 6. The van der Waals surface area contributed by atoms with Gasteiger partial charge in [-0.15, -0.1) is 11.3 Å². The number of para-hydroxylation sites is 1. The second-order valence-corrected chi connectivity index (χ2v) is 8.26. The summed E-state index contributed by atoms with van der Waals surface area (Å²) in [5.41, 5.74) is 3.57. The van der Waals surface area contributed by atoms with Gasteiger partial charge in [-0.05, 0) is 35.7 Å². The van der Waals surface area contributed by atoms with E-state index >= 15 is 0 Å². The second kappa shape index (κ2) is 8.64. The Hall–Kier alpha value is -2.89. The summed E-state index contributed by atoms with van der Waals surface area (Å²) in [6, 6.07) is 21.5. The summed E-state index contributed by atoms with van der Waals surface area (Å²) < 4.78 is 1.83. The third-order valence-electron chi connectivity index (χ3n) is 4.67. The van der Waals surface area contributed by atoms with Gasteiger partial charge in [-0.2, -0.15) is 5.10 Å². The van der Waals surface area contributed by atoms with Gasteiger partial charge in [0.25, 0.3) is 0 Å². The van der Waals surface area contributed by atoms with Crippen LogP contribution in [0.4, 0.5) is 0 Å². The molecule has 0 saturated heterocycles. The molecule has 0 aliphatic rings. The molecule has 0 aliphatic heterocycles. The van der Waals surface area contributed by atoms with Gasteiger partial charge in [0, 0.05) is 34.3 Å². The molecule has 0 N–H and O–H groups in total. The van der Waals surface area contributed by atoms with Gasteiger partial charge in [-0.1, -0.05) is 48.0 Å². The number of thiophene rings is 1. The molecule has 0 spiro atoms. The minimum Gasteiger partial charge on any atom is -0.340 e. The average molecular weight is 422 g/mol. The predicted molar refractivity (Wildman–Crippen MR) is 119 cm³/mol. The summed E-state index contributed by atoms with van der Waals surface area (Å²) in [6.07, 6.45) is 2.23. The van der Waals surface area contributed by atoms with Gasteiger partial charge >= 0.3 is 0 Å². The molecule has 2 aromatic heterocycles. The van der Waals surface area contributed by atoms with E-state index in [0.717, 1.165) is 22.5 Å². The summed E-state index contributed by atoms with van der Waals surface area (Å²) in [5.74, 6) is 0.0567. The number of carbonyl (C=O) groups excluding carboxylic acids is 1. The van der Waals surface area contributed by atoms with Crippen LogP contribution in [0.1, 0.15) is 10.4 Å². The first-order chi connectivity index (χ1) is 14.1. The SMILES string of the molecule is CN(Cc1cccs1)C(=O)Cc1cn(-c2ccccc2)nc1-c1ccc(Cl)cc1. The zero-order chi connectivity index (χ0) is 20.2. The van der Waals surface area contributed by atoms with Crippen molar-refractivity contribution < 1.29 is 4.79 Å².